The number of nitrogens with two attached hydrogens (primary N) is 3. The predicted molar refractivity (Wildman–Crippen MR) is 88.5 cm³/mol. The molecule has 0 aromatic heterocycles. The fourth-order valence-corrected chi connectivity index (χ4v) is 7.01. The Morgan fingerprint density at radius 1 is 1.43 bits per heavy atom. The Balaban J connectivity index is 2.77. The van der Waals surface area contributed by atoms with Gasteiger partial charge in [-0.3, -0.25) is 9.59 Å². The molecule has 0 amide bonds. The van der Waals surface area contributed by atoms with E-state index in [-0.39, 0.29) is 28.7 Å². The minimum absolute atomic E-state index is 0.00778. The summed E-state index contributed by atoms with van der Waals surface area (Å²) in [5.41, 5.74) is 16.1. The maximum absolute atomic E-state index is 11.6. The highest BCUT2D eigenvalue weighted by molar-refractivity contribution is 8.77. The molecule has 122 valence electrons. The Kier molecular flexibility index (Phi) is 7.14. The van der Waals surface area contributed by atoms with Gasteiger partial charge in [0.15, 0.2) is 0 Å². The second-order valence-electron chi connectivity index (χ2n) is 5.07. The van der Waals surface area contributed by atoms with E-state index in [1.807, 2.05) is 6.26 Å². The number of thioether (sulfide) groups is 1. The normalized spacial score (nSPS) is 34.4. The number of hydrogen-bond donors (Lipinski definition) is 5. The molecule has 1 aliphatic rings. The number of hydrogen-bond acceptors (Lipinski definition) is 8. The van der Waals surface area contributed by atoms with Gasteiger partial charge in [0.05, 0.1) is 5.25 Å². The molecule has 1 aliphatic carbocycles. The van der Waals surface area contributed by atoms with E-state index in [4.69, 9.17) is 22.3 Å². The second kappa shape index (κ2) is 7.93. The Morgan fingerprint density at radius 2 is 2.05 bits per heavy atom. The molecule has 10 heteroatoms. The minimum atomic E-state index is -1.41. The van der Waals surface area contributed by atoms with Crippen molar-refractivity contribution in [3.8, 4) is 0 Å². The molecule has 1 saturated carbocycles. The third-order valence-electron chi connectivity index (χ3n) is 3.42. The first-order chi connectivity index (χ1) is 9.72. The van der Waals surface area contributed by atoms with E-state index in [9.17, 15) is 14.7 Å². The number of carboxylic acids is 2. The first-order valence-electron chi connectivity index (χ1n) is 6.29. The molecular weight excluding hydrogens is 334 g/mol. The summed E-state index contributed by atoms with van der Waals surface area (Å²) in [7, 11) is 2.55. The maximum Gasteiger partial charge on any atom is 0.324 e. The van der Waals surface area contributed by atoms with Gasteiger partial charge in [-0.25, -0.2) is 0 Å². The summed E-state index contributed by atoms with van der Waals surface area (Å²) in [5, 5.41) is 17.9. The van der Waals surface area contributed by atoms with Crippen LogP contribution in [0.3, 0.4) is 0 Å². The van der Waals surface area contributed by atoms with Crippen LogP contribution in [0.1, 0.15) is 12.8 Å². The summed E-state index contributed by atoms with van der Waals surface area (Å²) in [6.07, 6.45) is 2.80. The molecular formula is C11H21N3O4S3. The van der Waals surface area contributed by atoms with Crippen LogP contribution in [-0.2, 0) is 9.59 Å². The van der Waals surface area contributed by atoms with Crippen molar-refractivity contribution in [2.75, 3.05) is 12.0 Å². The van der Waals surface area contributed by atoms with Crippen LogP contribution in [-0.4, -0.2) is 62.3 Å². The van der Waals surface area contributed by atoms with Crippen LogP contribution in [0.2, 0.25) is 0 Å². The van der Waals surface area contributed by atoms with Crippen molar-refractivity contribution in [1.82, 2.24) is 0 Å². The predicted octanol–water partition coefficient (Wildman–Crippen LogP) is -0.217. The molecule has 0 spiro atoms. The SMILES string of the molecule is CSC1CC(N)C[C@@](N)(C(=O)O)C1SSC[C@H](N)C(=O)O. The van der Waals surface area contributed by atoms with Gasteiger partial charge in [0.2, 0.25) is 0 Å². The van der Waals surface area contributed by atoms with E-state index in [1.165, 1.54) is 33.3 Å². The van der Waals surface area contributed by atoms with Gasteiger partial charge in [0, 0.05) is 17.0 Å². The summed E-state index contributed by atoms with van der Waals surface area (Å²) in [5.74, 6) is -1.95. The standard InChI is InChI=1S/C11H21N3O4S3/c1-19-7-2-5(12)3-11(14,10(17)18)8(7)21-20-4-6(13)9(15)16/h5-8H,2-4,12-14H2,1H3,(H,15,16)(H,17,18)/t5?,6-,7?,8?,11-/m0/s1. The zero-order valence-corrected chi connectivity index (χ0v) is 14.0. The average Bonchev–Trinajstić information content (AvgIpc) is 2.39. The fraction of sp³-hybridized carbons (Fsp3) is 0.818. The van der Waals surface area contributed by atoms with Gasteiger partial charge in [-0.2, -0.15) is 11.8 Å². The Labute approximate surface area is 135 Å². The molecule has 21 heavy (non-hydrogen) atoms. The molecule has 0 aromatic carbocycles. The maximum atomic E-state index is 11.6. The zero-order valence-electron chi connectivity index (χ0n) is 11.6. The van der Waals surface area contributed by atoms with Crippen molar-refractivity contribution in [3.05, 3.63) is 0 Å². The Morgan fingerprint density at radius 3 is 2.52 bits per heavy atom. The lowest BCUT2D eigenvalue weighted by Gasteiger charge is -2.44. The second-order valence-corrected chi connectivity index (χ2v) is 8.70. The van der Waals surface area contributed by atoms with Gasteiger partial charge in [0.25, 0.3) is 0 Å². The summed E-state index contributed by atoms with van der Waals surface area (Å²) in [6.45, 7) is 0. The smallest absolute Gasteiger partial charge is 0.324 e. The van der Waals surface area contributed by atoms with E-state index in [2.05, 4.69) is 0 Å². The van der Waals surface area contributed by atoms with Gasteiger partial charge >= 0.3 is 11.9 Å². The lowest BCUT2D eigenvalue weighted by Crippen LogP contribution is -2.65. The van der Waals surface area contributed by atoms with Gasteiger partial charge in [-0.1, -0.05) is 21.6 Å². The summed E-state index contributed by atoms with van der Waals surface area (Å²) in [4.78, 5) is 22.3. The van der Waals surface area contributed by atoms with Crippen molar-refractivity contribution in [2.45, 2.75) is 41.0 Å². The third-order valence-corrected chi connectivity index (χ3v) is 7.69. The molecule has 0 radical (unpaired) electrons. The van der Waals surface area contributed by atoms with E-state index >= 15 is 0 Å². The number of carbonyl (C=O) groups is 2. The van der Waals surface area contributed by atoms with Crippen molar-refractivity contribution in [1.29, 1.82) is 0 Å². The van der Waals surface area contributed by atoms with Gasteiger partial charge in [-0.05, 0) is 19.1 Å². The van der Waals surface area contributed by atoms with Crippen molar-refractivity contribution < 1.29 is 19.8 Å². The van der Waals surface area contributed by atoms with Crippen molar-refractivity contribution >= 4 is 45.3 Å². The molecule has 0 aliphatic heterocycles. The molecule has 0 saturated heterocycles. The molecule has 0 heterocycles. The van der Waals surface area contributed by atoms with Crippen LogP contribution in [0.25, 0.3) is 0 Å². The summed E-state index contributed by atoms with van der Waals surface area (Å²) < 4.78 is 0. The highest BCUT2D eigenvalue weighted by Gasteiger charge is 2.51. The molecule has 0 bridgehead atoms. The zero-order chi connectivity index (χ0) is 16.2. The molecule has 7 nitrogen and oxygen atoms in total. The average molecular weight is 356 g/mol. The first kappa shape index (κ1) is 18.9. The van der Waals surface area contributed by atoms with Crippen LogP contribution >= 0.6 is 33.3 Å². The quantitative estimate of drug-likeness (QED) is 0.387. The van der Waals surface area contributed by atoms with Gasteiger partial charge in [0.1, 0.15) is 11.6 Å². The summed E-state index contributed by atoms with van der Waals surface area (Å²) >= 11 is 1.54. The van der Waals surface area contributed by atoms with E-state index in [0.717, 1.165) is 0 Å². The minimum Gasteiger partial charge on any atom is -0.480 e. The van der Waals surface area contributed by atoms with E-state index in [0.29, 0.717) is 6.42 Å². The number of aliphatic carboxylic acids is 2. The van der Waals surface area contributed by atoms with Crippen molar-refractivity contribution in [2.24, 2.45) is 17.2 Å². The molecule has 5 atom stereocenters. The largest absolute Gasteiger partial charge is 0.480 e. The lowest BCUT2D eigenvalue weighted by atomic mass is 9.79. The van der Waals surface area contributed by atoms with Crippen LogP contribution in [0.4, 0.5) is 0 Å². The highest BCUT2D eigenvalue weighted by Crippen LogP contribution is 2.44. The molecule has 0 aromatic rings. The molecule has 8 N–H and O–H groups in total. The molecule has 1 rings (SSSR count). The lowest BCUT2D eigenvalue weighted by molar-refractivity contribution is -0.144. The van der Waals surface area contributed by atoms with Gasteiger partial charge in [-0.15, -0.1) is 0 Å². The van der Waals surface area contributed by atoms with E-state index < -0.39 is 23.5 Å². The number of carboxylic acid groups (broad SMARTS) is 2. The monoisotopic (exact) mass is 355 g/mol. The van der Waals surface area contributed by atoms with Crippen LogP contribution in [0.5, 0.6) is 0 Å². The summed E-state index contributed by atoms with van der Waals surface area (Å²) in [6, 6.07) is -1.22. The van der Waals surface area contributed by atoms with Crippen LogP contribution in [0.15, 0.2) is 0 Å². The topological polar surface area (TPSA) is 153 Å². The molecule has 3 unspecified atom stereocenters. The first-order valence-corrected chi connectivity index (χ1v) is 9.96. The van der Waals surface area contributed by atoms with Crippen LogP contribution < -0.4 is 17.2 Å². The van der Waals surface area contributed by atoms with Gasteiger partial charge < -0.3 is 27.4 Å². The fourth-order valence-electron chi connectivity index (χ4n) is 2.22. The van der Waals surface area contributed by atoms with Crippen molar-refractivity contribution in [3.63, 3.8) is 0 Å². The molecule has 1 fully saturated rings. The Hall–Kier alpha value is -0.130. The Bertz CT molecular complexity index is 401. The highest BCUT2D eigenvalue weighted by atomic mass is 33.1. The third kappa shape index (κ3) is 4.67. The number of rotatable bonds is 7. The van der Waals surface area contributed by atoms with E-state index in [1.54, 1.807) is 0 Å². The van der Waals surface area contributed by atoms with Crippen LogP contribution in [0, 0.1) is 0 Å².